The van der Waals surface area contributed by atoms with Crippen molar-refractivity contribution in [2.45, 2.75) is 26.2 Å². The normalized spacial score (nSPS) is 10.5. The van der Waals surface area contributed by atoms with Gasteiger partial charge in [-0.05, 0) is 25.5 Å². The number of pyridine rings is 1. The van der Waals surface area contributed by atoms with E-state index in [-0.39, 0.29) is 23.9 Å². The number of hydrogen-bond acceptors (Lipinski definition) is 6. The topological polar surface area (TPSA) is 97.3 Å². The largest absolute Gasteiger partial charge is 0.382 e. The van der Waals surface area contributed by atoms with Crippen LogP contribution in [-0.4, -0.2) is 64.5 Å². The Morgan fingerprint density at radius 3 is 2.75 bits per heavy atom. The van der Waals surface area contributed by atoms with Gasteiger partial charge in [-0.15, -0.1) is 0 Å². The van der Waals surface area contributed by atoms with Crippen molar-refractivity contribution in [3.63, 3.8) is 0 Å². The quantitative estimate of drug-likeness (QED) is 0.556. The number of rotatable bonds is 12. The predicted octanol–water partition coefficient (Wildman–Crippen LogP) is 1.49. The molecule has 1 N–H and O–H groups in total. The minimum absolute atomic E-state index is 0.0994. The summed E-state index contributed by atoms with van der Waals surface area (Å²) in [6.07, 6.45) is 7.76. The van der Waals surface area contributed by atoms with Gasteiger partial charge in [0.05, 0.1) is 6.20 Å². The van der Waals surface area contributed by atoms with Crippen LogP contribution in [0.3, 0.4) is 0 Å². The molecule has 0 saturated heterocycles. The number of amides is 2. The van der Waals surface area contributed by atoms with Crippen LogP contribution in [0.15, 0.2) is 43.0 Å². The monoisotopic (exact) mass is 385 g/mol. The van der Waals surface area contributed by atoms with Gasteiger partial charge in [0.25, 0.3) is 5.91 Å². The lowest BCUT2D eigenvalue weighted by molar-refractivity contribution is -0.121. The Labute approximate surface area is 165 Å². The molecule has 0 bridgehead atoms. The standard InChI is InChI=1S/C20H27N5O3/c1-2-28-15-5-13-25(20(27)18-16-21-11-12-23-18)14-8-19(26)24-10-7-17-6-3-4-9-22-17/h3-4,6,9,11-12,16H,2,5,7-8,10,13-15H2,1H3,(H,24,26). The first-order valence-electron chi connectivity index (χ1n) is 9.50. The molecule has 2 heterocycles. The van der Waals surface area contributed by atoms with E-state index in [1.54, 1.807) is 11.1 Å². The first kappa shape index (κ1) is 21.4. The lowest BCUT2D eigenvalue weighted by atomic mass is 10.2. The van der Waals surface area contributed by atoms with Gasteiger partial charge in [0.15, 0.2) is 0 Å². The van der Waals surface area contributed by atoms with Crippen molar-refractivity contribution in [2.24, 2.45) is 0 Å². The Morgan fingerprint density at radius 1 is 1.14 bits per heavy atom. The second kappa shape index (κ2) is 12.5. The van der Waals surface area contributed by atoms with Gasteiger partial charge in [-0.2, -0.15) is 0 Å². The number of nitrogens with zero attached hydrogens (tertiary/aromatic N) is 4. The SMILES string of the molecule is CCOCCCN(CCC(=O)NCCc1ccccn1)C(=O)c1cnccn1. The lowest BCUT2D eigenvalue weighted by Crippen LogP contribution is -2.37. The van der Waals surface area contributed by atoms with Gasteiger partial charge in [-0.25, -0.2) is 4.98 Å². The molecular weight excluding hydrogens is 358 g/mol. The Kier molecular flexibility index (Phi) is 9.57. The molecule has 2 amide bonds. The third-order valence-corrected chi connectivity index (χ3v) is 4.03. The average molecular weight is 385 g/mol. The summed E-state index contributed by atoms with van der Waals surface area (Å²) in [6, 6.07) is 5.70. The van der Waals surface area contributed by atoms with Crippen molar-refractivity contribution < 1.29 is 14.3 Å². The zero-order valence-electron chi connectivity index (χ0n) is 16.2. The molecule has 8 nitrogen and oxygen atoms in total. The maximum atomic E-state index is 12.7. The molecule has 0 aliphatic rings. The zero-order chi connectivity index (χ0) is 20.0. The van der Waals surface area contributed by atoms with Crippen molar-refractivity contribution in [1.82, 2.24) is 25.2 Å². The zero-order valence-corrected chi connectivity index (χ0v) is 16.2. The van der Waals surface area contributed by atoms with Crippen LogP contribution in [0, 0.1) is 0 Å². The molecule has 0 unspecified atom stereocenters. The molecule has 0 radical (unpaired) electrons. The van der Waals surface area contributed by atoms with Crippen LogP contribution in [0.2, 0.25) is 0 Å². The average Bonchev–Trinajstić information content (AvgIpc) is 2.74. The summed E-state index contributed by atoms with van der Waals surface area (Å²) in [5.41, 5.74) is 1.20. The second-order valence-corrected chi connectivity index (χ2v) is 6.10. The third kappa shape index (κ3) is 7.79. The number of carbonyl (C=O) groups is 2. The highest BCUT2D eigenvalue weighted by atomic mass is 16.5. The number of aromatic nitrogens is 3. The van der Waals surface area contributed by atoms with E-state index < -0.39 is 0 Å². The van der Waals surface area contributed by atoms with Gasteiger partial charge in [0.2, 0.25) is 5.91 Å². The molecule has 8 heteroatoms. The highest BCUT2D eigenvalue weighted by Crippen LogP contribution is 2.03. The molecule has 28 heavy (non-hydrogen) atoms. The molecular formula is C20H27N5O3. The van der Waals surface area contributed by atoms with E-state index in [9.17, 15) is 9.59 Å². The molecule has 0 saturated carbocycles. The van der Waals surface area contributed by atoms with Crippen LogP contribution >= 0.6 is 0 Å². The third-order valence-electron chi connectivity index (χ3n) is 4.03. The van der Waals surface area contributed by atoms with Crippen molar-refractivity contribution in [3.8, 4) is 0 Å². The fraction of sp³-hybridized carbons (Fsp3) is 0.450. The van der Waals surface area contributed by atoms with E-state index in [0.717, 1.165) is 5.69 Å². The first-order chi connectivity index (χ1) is 13.7. The summed E-state index contributed by atoms with van der Waals surface area (Å²) in [6.45, 7) is 4.46. The Balaban J connectivity index is 1.81. The van der Waals surface area contributed by atoms with E-state index in [4.69, 9.17) is 4.74 Å². The van der Waals surface area contributed by atoms with Crippen LogP contribution in [0.1, 0.15) is 35.9 Å². The van der Waals surface area contributed by atoms with Gasteiger partial charge < -0.3 is 15.0 Å². The van der Waals surface area contributed by atoms with E-state index in [2.05, 4.69) is 20.3 Å². The number of nitrogens with one attached hydrogen (secondary N) is 1. The smallest absolute Gasteiger partial charge is 0.274 e. The molecule has 0 atom stereocenters. The van der Waals surface area contributed by atoms with Crippen LogP contribution in [0.5, 0.6) is 0 Å². The summed E-state index contributed by atoms with van der Waals surface area (Å²) >= 11 is 0. The molecule has 0 spiro atoms. The van der Waals surface area contributed by atoms with Crippen molar-refractivity contribution in [2.75, 3.05) is 32.8 Å². The maximum Gasteiger partial charge on any atom is 0.274 e. The lowest BCUT2D eigenvalue weighted by Gasteiger charge is -2.22. The molecule has 0 aliphatic carbocycles. The van der Waals surface area contributed by atoms with E-state index >= 15 is 0 Å². The summed E-state index contributed by atoms with van der Waals surface area (Å²) < 4.78 is 5.34. The van der Waals surface area contributed by atoms with Gasteiger partial charge in [0.1, 0.15) is 5.69 Å². The highest BCUT2D eigenvalue weighted by Gasteiger charge is 2.18. The van der Waals surface area contributed by atoms with Gasteiger partial charge in [-0.3, -0.25) is 19.6 Å². The van der Waals surface area contributed by atoms with Crippen LogP contribution < -0.4 is 5.32 Å². The van der Waals surface area contributed by atoms with Crippen molar-refractivity contribution in [1.29, 1.82) is 0 Å². The number of carbonyl (C=O) groups excluding carboxylic acids is 2. The van der Waals surface area contributed by atoms with Gasteiger partial charge in [0, 0.05) is 70.0 Å². The maximum absolute atomic E-state index is 12.7. The molecule has 2 aromatic heterocycles. The molecule has 0 aliphatic heterocycles. The minimum Gasteiger partial charge on any atom is -0.382 e. The van der Waals surface area contributed by atoms with Gasteiger partial charge in [-0.1, -0.05) is 6.07 Å². The van der Waals surface area contributed by atoms with E-state index in [1.807, 2.05) is 25.1 Å². The summed E-state index contributed by atoms with van der Waals surface area (Å²) in [5.74, 6) is -0.330. The molecule has 2 aromatic rings. The van der Waals surface area contributed by atoms with Crippen LogP contribution in [0.25, 0.3) is 0 Å². The minimum atomic E-state index is -0.231. The van der Waals surface area contributed by atoms with Crippen LogP contribution in [0.4, 0.5) is 0 Å². The Morgan fingerprint density at radius 2 is 2.04 bits per heavy atom. The Bertz CT molecular complexity index is 712. The fourth-order valence-corrected chi connectivity index (χ4v) is 2.59. The van der Waals surface area contributed by atoms with Crippen molar-refractivity contribution in [3.05, 3.63) is 54.4 Å². The van der Waals surface area contributed by atoms with Gasteiger partial charge >= 0.3 is 0 Å². The van der Waals surface area contributed by atoms with Crippen LogP contribution in [-0.2, 0) is 16.0 Å². The van der Waals surface area contributed by atoms with E-state index in [1.165, 1.54) is 18.6 Å². The summed E-state index contributed by atoms with van der Waals surface area (Å²) in [7, 11) is 0. The summed E-state index contributed by atoms with van der Waals surface area (Å²) in [5, 5.41) is 2.87. The van der Waals surface area contributed by atoms with Crippen molar-refractivity contribution >= 4 is 11.8 Å². The summed E-state index contributed by atoms with van der Waals surface area (Å²) in [4.78, 5) is 38.7. The second-order valence-electron chi connectivity index (χ2n) is 6.10. The highest BCUT2D eigenvalue weighted by molar-refractivity contribution is 5.92. The predicted molar refractivity (Wildman–Crippen MR) is 105 cm³/mol. The molecule has 2 rings (SSSR count). The number of hydrogen-bond donors (Lipinski definition) is 1. The Hall–Kier alpha value is -2.87. The molecule has 0 aromatic carbocycles. The van der Waals surface area contributed by atoms with E-state index in [0.29, 0.717) is 45.7 Å². The fourth-order valence-electron chi connectivity index (χ4n) is 2.59. The molecule has 150 valence electrons. The molecule has 0 fully saturated rings. The number of ether oxygens (including phenoxy) is 1. The first-order valence-corrected chi connectivity index (χ1v) is 9.50.